The highest BCUT2D eigenvalue weighted by atomic mass is 28.4. The van der Waals surface area contributed by atoms with Crippen LogP contribution in [0.1, 0.15) is 74.9 Å². The van der Waals surface area contributed by atoms with Gasteiger partial charge in [-0.15, -0.1) is 5.10 Å². The molecular weight excluding hydrogens is 419 g/mol. The van der Waals surface area contributed by atoms with E-state index >= 15 is 0 Å². The van der Waals surface area contributed by atoms with E-state index in [4.69, 9.17) is 13.7 Å². The van der Waals surface area contributed by atoms with Crippen molar-refractivity contribution in [3.8, 4) is 5.82 Å². The zero-order valence-corrected chi connectivity index (χ0v) is 22.3. The van der Waals surface area contributed by atoms with E-state index < -0.39 is 15.4 Å². The molecule has 0 saturated carbocycles. The first kappa shape index (κ1) is 25.1. The molecule has 2 aromatic heterocycles. The smallest absolute Gasteiger partial charge is 0.410 e. The van der Waals surface area contributed by atoms with Gasteiger partial charge in [-0.2, -0.15) is 0 Å². The van der Waals surface area contributed by atoms with Crippen molar-refractivity contribution < 1.29 is 13.7 Å². The first-order valence-corrected chi connectivity index (χ1v) is 13.8. The van der Waals surface area contributed by atoms with Gasteiger partial charge in [-0.1, -0.05) is 52.8 Å². The molecule has 32 heavy (non-hydrogen) atoms. The number of pyridine rings is 1. The van der Waals surface area contributed by atoms with Crippen molar-refractivity contribution in [2.24, 2.45) is 0 Å². The molecule has 0 N–H and O–H groups in total. The Hall–Kier alpha value is -1.55. The lowest BCUT2D eigenvalue weighted by Crippen LogP contribution is -2.47. The van der Waals surface area contributed by atoms with E-state index in [1.165, 1.54) is 0 Å². The van der Waals surface area contributed by atoms with Crippen LogP contribution in [0.5, 0.6) is 0 Å². The topological polar surface area (TPSA) is 71.3 Å². The Balaban J connectivity index is 1.71. The van der Waals surface area contributed by atoms with Gasteiger partial charge in [0.1, 0.15) is 5.69 Å². The Morgan fingerprint density at radius 2 is 1.53 bits per heavy atom. The lowest BCUT2D eigenvalue weighted by Gasteiger charge is -2.41. The fourth-order valence-electron chi connectivity index (χ4n) is 4.83. The fraction of sp³-hybridized carbons (Fsp3) is 0.696. The third kappa shape index (κ3) is 4.58. The number of rotatable bonds is 8. The molecule has 1 fully saturated rings. The molecule has 1 aliphatic heterocycles. The van der Waals surface area contributed by atoms with Crippen LogP contribution in [-0.4, -0.2) is 46.6 Å². The lowest BCUT2D eigenvalue weighted by atomic mass is 9.80. The summed E-state index contributed by atoms with van der Waals surface area (Å²) in [5.74, 6) is 0.698. The first-order valence-electron chi connectivity index (χ1n) is 11.7. The van der Waals surface area contributed by atoms with Gasteiger partial charge in [0.2, 0.25) is 8.32 Å². The second-order valence-electron chi connectivity index (χ2n) is 10.8. The molecule has 176 valence electrons. The maximum atomic E-state index is 6.64. The molecule has 1 aliphatic rings. The molecule has 3 rings (SSSR count). The average molecular weight is 458 g/mol. The molecule has 0 amide bonds. The van der Waals surface area contributed by atoms with Gasteiger partial charge in [0, 0.05) is 11.7 Å². The SMILES string of the molecule is CC(C)[Si](OCc1cn(-c2ccc(B3OC(C)(C)C(C)(C)O3)cn2)nn1)(C(C)C)C(C)C. The maximum absolute atomic E-state index is 6.64. The minimum absolute atomic E-state index is 0.377. The van der Waals surface area contributed by atoms with Gasteiger partial charge in [0.15, 0.2) is 5.82 Å². The summed E-state index contributed by atoms with van der Waals surface area (Å²) < 4.78 is 20.6. The van der Waals surface area contributed by atoms with E-state index in [1.807, 2.05) is 46.0 Å². The maximum Gasteiger partial charge on any atom is 0.496 e. The zero-order valence-electron chi connectivity index (χ0n) is 21.3. The number of nitrogens with zero attached hydrogens (tertiary/aromatic N) is 4. The summed E-state index contributed by atoms with van der Waals surface area (Å²) in [5.41, 5.74) is 2.54. The van der Waals surface area contributed by atoms with Crippen molar-refractivity contribution in [2.45, 2.75) is 104 Å². The Morgan fingerprint density at radius 3 is 2.00 bits per heavy atom. The summed E-state index contributed by atoms with van der Waals surface area (Å²) in [6.45, 7) is 22.4. The molecule has 0 bridgehead atoms. The third-order valence-corrected chi connectivity index (χ3v) is 13.3. The largest absolute Gasteiger partial charge is 0.496 e. The van der Waals surface area contributed by atoms with Crippen LogP contribution in [0.3, 0.4) is 0 Å². The van der Waals surface area contributed by atoms with Crippen LogP contribution < -0.4 is 5.46 Å². The van der Waals surface area contributed by atoms with Crippen LogP contribution >= 0.6 is 0 Å². The van der Waals surface area contributed by atoms with E-state index in [-0.39, 0.29) is 11.2 Å². The van der Waals surface area contributed by atoms with E-state index in [1.54, 1.807) is 10.9 Å². The molecule has 3 heterocycles. The Kier molecular flexibility index (Phi) is 7.06. The molecule has 0 spiro atoms. The van der Waals surface area contributed by atoms with Crippen LogP contribution in [0.2, 0.25) is 16.6 Å². The highest BCUT2D eigenvalue weighted by Gasteiger charge is 2.51. The molecule has 0 radical (unpaired) electrons. The van der Waals surface area contributed by atoms with Gasteiger partial charge in [0.05, 0.1) is 24.0 Å². The zero-order chi connectivity index (χ0) is 23.9. The predicted octanol–water partition coefficient (Wildman–Crippen LogP) is 4.65. The monoisotopic (exact) mass is 458 g/mol. The Labute approximate surface area is 194 Å². The summed E-state index contributed by atoms with van der Waals surface area (Å²) in [7, 11) is -2.38. The fourth-order valence-corrected chi connectivity index (χ4v) is 10.2. The Bertz CT molecular complexity index is 874. The van der Waals surface area contributed by atoms with E-state index in [2.05, 4.69) is 56.8 Å². The summed E-state index contributed by atoms with van der Waals surface area (Å²) in [6.07, 6.45) is 3.68. The van der Waals surface area contributed by atoms with Crippen LogP contribution in [0, 0.1) is 0 Å². The van der Waals surface area contributed by atoms with Crippen LogP contribution in [0.25, 0.3) is 5.82 Å². The van der Waals surface area contributed by atoms with E-state index in [0.717, 1.165) is 11.2 Å². The summed E-state index contributed by atoms with van der Waals surface area (Å²) in [4.78, 5) is 4.56. The summed E-state index contributed by atoms with van der Waals surface area (Å²) >= 11 is 0. The van der Waals surface area contributed by atoms with Crippen molar-refractivity contribution in [3.05, 3.63) is 30.2 Å². The standard InChI is InChI=1S/C23H39BN4O3Si/c1-16(2)32(17(3)4,18(5)6)29-15-20-14-28(27-26-20)21-12-11-19(13-25-21)24-30-22(7,8)23(9,10)31-24/h11-14,16-18H,15H2,1-10H3. The molecular formula is C23H39BN4O3Si. The normalized spacial score (nSPS) is 18.3. The second-order valence-corrected chi connectivity index (χ2v) is 16.3. The van der Waals surface area contributed by atoms with Crippen molar-refractivity contribution >= 4 is 20.9 Å². The molecule has 9 heteroatoms. The highest BCUT2D eigenvalue weighted by molar-refractivity contribution is 6.77. The average Bonchev–Trinajstić information content (AvgIpc) is 3.23. The van der Waals surface area contributed by atoms with Crippen molar-refractivity contribution in [2.75, 3.05) is 0 Å². The van der Waals surface area contributed by atoms with Crippen LogP contribution in [-0.2, 0) is 20.3 Å². The highest BCUT2D eigenvalue weighted by Crippen LogP contribution is 2.42. The number of hydrogen-bond donors (Lipinski definition) is 0. The summed E-state index contributed by atoms with van der Waals surface area (Å²) in [6, 6.07) is 3.88. The van der Waals surface area contributed by atoms with Crippen LogP contribution in [0.15, 0.2) is 24.5 Å². The number of aromatic nitrogens is 4. The molecule has 1 saturated heterocycles. The molecule has 2 aromatic rings. The minimum atomic E-state index is -1.95. The minimum Gasteiger partial charge on any atom is -0.410 e. The van der Waals surface area contributed by atoms with Crippen molar-refractivity contribution in [1.29, 1.82) is 0 Å². The molecule has 0 aromatic carbocycles. The molecule has 0 aliphatic carbocycles. The summed E-state index contributed by atoms with van der Waals surface area (Å²) in [5, 5.41) is 8.60. The second kappa shape index (κ2) is 9.01. The molecule has 0 unspecified atom stereocenters. The number of hydrogen-bond acceptors (Lipinski definition) is 6. The van der Waals surface area contributed by atoms with Gasteiger partial charge in [-0.05, 0) is 50.4 Å². The van der Waals surface area contributed by atoms with Crippen molar-refractivity contribution in [1.82, 2.24) is 20.0 Å². The quantitative estimate of drug-likeness (QED) is 0.536. The lowest BCUT2D eigenvalue weighted by molar-refractivity contribution is 0.00578. The van der Waals surface area contributed by atoms with Crippen LogP contribution in [0.4, 0.5) is 0 Å². The molecule has 7 nitrogen and oxygen atoms in total. The molecule has 0 atom stereocenters. The van der Waals surface area contributed by atoms with Gasteiger partial charge in [-0.25, -0.2) is 9.67 Å². The first-order chi connectivity index (χ1) is 14.8. The predicted molar refractivity (Wildman–Crippen MR) is 131 cm³/mol. The van der Waals surface area contributed by atoms with Gasteiger partial charge in [-0.3, -0.25) is 0 Å². The van der Waals surface area contributed by atoms with E-state index in [0.29, 0.717) is 29.0 Å². The van der Waals surface area contributed by atoms with Crippen molar-refractivity contribution in [3.63, 3.8) is 0 Å². The Morgan fingerprint density at radius 1 is 0.969 bits per heavy atom. The third-order valence-electron chi connectivity index (χ3n) is 7.25. The van der Waals surface area contributed by atoms with Gasteiger partial charge < -0.3 is 13.7 Å². The van der Waals surface area contributed by atoms with E-state index in [9.17, 15) is 0 Å². The van der Waals surface area contributed by atoms with Gasteiger partial charge >= 0.3 is 7.12 Å². The van der Waals surface area contributed by atoms with Gasteiger partial charge in [0.25, 0.3) is 0 Å².